The van der Waals surface area contributed by atoms with E-state index in [4.69, 9.17) is 9.47 Å². The van der Waals surface area contributed by atoms with Gasteiger partial charge < -0.3 is 9.47 Å². The van der Waals surface area contributed by atoms with Crippen molar-refractivity contribution >= 4 is 11.9 Å². The van der Waals surface area contributed by atoms with Crippen LogP contribution >= 0.6 is 0 Å². The third-order valence-electron chi connectivity index (χ3n) is 2.56. The van der Waals surface area contributed by atoms with Gasteiger partial charge in [-0.15, -0.1) is 0 Å². The van der Waals surface area contributed by atoms with Gasteiger partial charge in [-0.3, -0.25) is 0 Å². The predicted octanol–water partition coefficient (Wildman–Crippen LogP) is 3.92. The van der Waals surface area contributed by atoms with E-state index in [1.165, 1.54) is 18.2 Å². The molecule has 1 aromatic rings. The molecule has 0 saturated heterocycles. The van der Waals surface area contributed by atoms with E-state index in [2.05, 4.69) is 11.8 Å². The Hall–Kier alpha value is -2.35. The third kappa shape index (κ3) is 6.41. The van der Waals surface area contributed by atoms with Crippen LogP contribution in [0.15, 0.2) is 18.2 Å². The van der Waals surface area contributed by atoms with Crippen LogP contribution in [0.25, 0.3) is 0 Å². The summed E-state index contributed by atoms with van der Waals surface area (Å²) in [5.41, 5.74) is -0.867. The van der Waals surface area contributed by atoms with Gasteiger partial charge in [0.2, 0.25) is 0 Å². The fourth-order valence-corrected chi connectivity index (χ4v) is 1.77. The molecule has 130 valence electrons. The van der Waals surface area contributed by atoms with Crippen LogP contribution in [0.1, 0.15) is 67.8 Å². The van der Waals surface area contributed by atoms with Crippen molar-refractivity contribution in [1.29, 1.82) is 0 Å². The number of esters is 2. The highest BCUT2D eigenvalue weighted by atomic mass is 19.1. The molecular weight excluding hydrogens is 311 g/mol. The highest BCUT2D eigenvalue weighted by molar-refractivity contribution is 6.03. The van der Waals surface area contributed by atoms with Crippen LogP contribution in [0.3, 0.4) is 0 Å². The second kappa shape index (κ2) is 7.48. The standard InChI is InChI=1S/C19H23FO4/c1-18(2,3)23-16(21)14-10-9-13(8-7-11-20)12-15(14)17(22)24-19(4,5)6/h9-10,12H,11H2,1-6H3. The van der Waals surface area contributed by atoms with Gasteiger partial charge in [-0.1, -0.05) is 11.8 Å². The monoisotopic (exact) mass is 334 g/mol. The summed E-state index contributed by atoms with van der Waals surface area (Å²) in [5, 5.41) is 0. The van der Waals surface area contributed by atoms with E-state index in [-0.39, 0.29) is 11.1 Å². The molecule has 0 amide bonds. The lowest BCUT2D eigenvalue weighted by Gasteiger charge is -2.22. The first-order chi connectivity index (χ1) is 10.9. The zero-order chi connectivity index (χ0) is 18.5. The Morgan fingerprint density at radius 1 is 0.958 bits per heavy atom. The molecule has 0 radical (unpaired) electrons. The van der Waals surface area contributed by atoms with E-state index < -0.39 is 29.8 Å². The Kier molecular flexibility index (Phi) is 6.14. The van der Waals surface area contributed by atoms with Crippen LogP contribution in [0.5, 0.6) is 0 Å². The minimum atomic E-state index is -0.796. The Bertz CT molecular complexity index is 682. The van der Waals surface area contributed by atoms with Crippen molar-refractivity contribution in [2.45, 2.75) is 52.7 Å². The maximum atomic E-state index is 12.4. The van der Waals surface area contributed by atoms with Crippen LogP contribution in [-0.4, -0.2) is 29.8 Å². The van der Waals surface area contributed by atoms with E-state index in [0.717, 1.165) is 0 Å². The number of hydrogen-bond donors (Lipinski definition) is 0. The lowest BCUT2D eigenvalue weighted by atomic mass is 10.0. The molecule has 0 heterocycles. The van der Waals surface area contributed by atoms with Crippen LogP contribution in [-0.2, 0) is 9.47 Å². The van der Waals surface area contributed by atoms with E-state index >= 15 is 0 Å². The number of halogens is 1. The smallest absolute Gasteiger partial charge is 0.339 e. The van der Waals surface area contributed by atoms with Gasteiger partial charge in [0.05, 0.1) is 11.1 Å². The maximum Gasteiger partial charge on any atom is 0.339 e. The van der Waals surface area contributed by atoms with Crippen LogP contribution in [0, 0.1) is 11.8 Å². The Labute approximate surface area is 142 Å². The molecule has 0 N–H and O–H groups in total. The highest BCUT2D eigenvalue weighted by Crippen LogP contribution is 2.20. The molecule has 0 saturated carbocycles. The molecule has 0 atom stereocenters. The lowest BCUT2D eigenvalue weighted by Crippen LogP contribution is -2.28. The minimum absolute atomic E-state index is 0.0461. The zero-order valence-electron chi connectivity index (χ0n) is 15.0. The second-order valence-electron chi connectivity index (χ2n) is 7.20. The molecule has 24 heavy (non-hydrogen) atoms. The minimum Gasteiger partial charge on any atom is -0.456 e. The zero-order valence-corrected chi connectivity index (χ0v) is 15.0. The average molecular weight is 334 g/mol. The van der Waals surface area contributed by atoms with Gasteiger partial charge in [0.25, 0.3) is 0 Å². The molecule has 0 aliphatic heterocycles. The SMILES string of the molecule is CC(C)(C)OC(=O)c1ccc(C#CCF)cc1C(=O)OC(C)(C)C. The van der Waals surface area contributed by atoms with Crippen LogP contribution < -0.4 is 0 Å². The molecule has 1 rings (SSSR count). The summed E-state index contributed by atoms with van der Waals surface area (Å²) in [5.74, 6) is 3.57. The van der Waals surface area contributed by atoms with E-state index in [1.54, 1.807) is 41.5 Å². The molecule has 0 bridgehead atoms. The molecule has 0 unspecified atom stereocenters. The van der Waals surface area contributed by atoms with Crippen molar-refractivity contribution in [2.24, 2.45) is 0 Å². The van der Waals surface area contributed by atoms with E-state index in [1.807, 2.05) is 0 Å². The number of ether oxygens (including phenoxy) is 2. The molecule has 4 nitrogen and oxygen atoms in total. The Morgan fingerprint density at radius 3 is 1.92 bits per heavy atom. The van der Waals surface area contributed by atoms with Gasteiger partial charge in [0.1, 0.15) is 11.2 Å². The van der Waals surface area contributed by atoms with Gasteiger partial charge in [-0.2, -0.15) is 0 Å². The summed E-state index contributed by atoms with van der Waals surface area (Å²) < 4.78 is 22.9. The second-order valence-corrected chi connectivity index (χ2v) is 7.20. The van der Waals surface area contributed by atoms with Crippen molar-refractivity contribution in [2.75, 3.05) is 6.67 Å². The first-order valence-corrected chi connectivity index (χ1v) is 7.58. The van der Waals surface area contributed by atoms with Crippen molar-refractivity contribution in [3.63, 3.8) is 0 Å². The number of carbonyl (C=O) groups excluding carboxylic acids is 2. The normalized spacial score (nSPS) is 11.3. The van der Waals surface area contributed by atoms with Crippen molar-refractivity contribution < 1.29 is 23.5 Å². The fraction of sp³-hybridized carbons (Fsp3) is 0.474. The first-order valence-electron chi connectivity index (χ1n) is 7.58. The van der Waals surface area contributed by atoms with E-state index in [0.29, 0.717) is 5.56 Å². The molecule has 0 aliphatic rings. The molecule has 0 spiro atoms. The lowest BCUT2D eigenvalue weighted by molar-refractivity contribution is 0.00187. The molecule has 0 aromatic heterocycles. The average Bonchev–Trinajstić information content (AvgIpc) is 2.41. The fourth-order valence-electron chi connectivity index (χ4n) is 1.77. The summed E-state index contributed by atoms with van der Waals surface area (Å²) in [4.78, 5) is 24.8. The topological polar surface area (TPSA) is 52.6 Å². The third-order valence-corrected chi connectivity index (χ3v) is 2.56. The number of alkyl halides is 1. The van der Waals surface area contributed by atoms with Crippen molar-refractivity contribution in [3.8, 4) is 11.8 Å². The number of benzene rings is 1. The maximum absolute atomic E-state index is 12.4. The van der Waals surface area contributed by atoms with Gasteiger partial charge in [0, 0.05) is 5.56 Å². The molecule has 0 aliphatic carbocycles. The van der Waals surface area contributed by atoms with Gasteiger partial charge in [0.15, 0.2) is 6.67 Å². The van der Waals surface area contributed by atoms with E-state index in [9.17, 15) is 14.0 Å². The summed E-state index contributed by atoms with van der Waals surface area (Å²) >= 11 is 0. The largest absolute Gasteiger partial charge is 0.456 e. The summed E-state index contributed by atoms with van der Waals surface area (Å²) in [6.07, 6.45) is 0. The predicted molar refractivity (Wildman–Crippen MR) is 89.6 cm³/mol. The van der Waals surface area contributed by atoms with Crippen molar-refractivity contribution in [1.82, 2.24) is 0 Å². The quantitative estimate of drug-likeness (QED) is 0.608. The summed E-state index contributed by atoms with van der Waals surface area (Å²) in [7, 11) is 0. The first kappa shape index (κ1) is 19.7. The summed E-state index contributed by atoms with van der Waals surface area (Å²) in [6.45, 7) is 9.59. The van der Waals surface area contributed by atoms with Gasteiger partial charge in [-0.05, 0) is 59.7 Å². The van der Waals surface area contributed by atoms with Gasteiger partial charge in [-0.25, -0.2) is 14.0 Å². The Balaban J connectivity index is 3.32. The molecule has 1 aromatic carbocycles. The summed E-state index contributed by atoms with van der Waals surface area (Å²) in [6, 6.07) is 4.39. The molecule has 0 fully saturated rings. The number of carbonyl (C=O) groups is 2. The van der Waals surface area contributed by atoms with Crippen molar-refractivity contribution in [3.05, 3.63) is 34.9 Å². The molecule has 5 heteroatoms. The number of hydrogen-bond acceptors (Lipinski definition) is 4. The van der Waals surface area contributed by atoms with Crippen LogP contribution in [0.2, 0.25) is 0 Å². The highest BCUT2D eigenvalue weighted by Gasteiger charge is 2.26. The van der Waals surface area contributed by atoms with Crippen LogP contribution in [0.4, 0.5) is 4.39 Å². The Morgan fingerprint density at radius 2 is 1.46 bits per heavy atom. The number of rotatable bonds is 2. The molecular formula is C19H23FO4. The van der Waals surface area contributed by atoms with Gasteiger partial charge >= 0.3 is 11.9 Å².